The maximum absolute atomic E-state index is 11.2. The van der Waals surface area contributed by atoms with E-state index in [1.54, 1.807) is 18.3 Å². The Morgan fingerprint density at radius 3 is 2.87 bits per heavy atom. The summed E-state index contributed by atoms with van der Waals surface area (Å²) in [6.07, 6.45) is 3.72. The van der Waals surface area contributed by atoms with Crippen LogP contribution >= 0.6 is 0 Å². The lowest BCUT2D eigenvalue weighted by Crippen LogP contribution is -2.24. The van der Waals surface area contributed by atoms with Crippen LogP contribution in [0.4, 0.5) is 0 Å². The Morgan fingerprint density at radius 1 is 1.22 bits per heavy atom. The lowest BCUT2D eigenvalue weighted by molar-refractivity contribution is 0.0694. The second kappa shape index (κ2) is 6.62. The number of benzene rings is 1. The second-order valence-electron chi connectivity index (χ2n) is 5.61. The first kappa shape index (κ1) is 15.2. The minimum absolute atomic E-state index is 0.269. The summed E-state index contributed by atoms with van der Waals surface area (Å²) in [6, 6.07) is 13.6. The number of aromatic nitrogens is 2. The molecule has 0 fully saturated rings. The van der Waals surface area contributed by atoms with Crippen molar-refractivity contribution in [2.75, 3.05) is 13.6 Å². The molecule has 0 aliphatic heterocycles. The Balaban J connectivity index is 1.66. The Bertz CT molecular complexity index is 826. The quantitative estimate of drug-likeness (QED) is 0.760. The minimum Gasteiger partial charge on any atom is -0.478 e. The fraction of sp³-hybridized carbons (Fsp3) is 0.222. The molecule has 0 aliphatic rings. The molecule has 0 atom stereocenters. The third kappa shape index (κ3) is 3.40. The van der Waals surface area contributed by atoms with E-state index in [2.05, 4.69) is 38.8 Å². The first-order valence-electron chi connectivity index (χ1n) is 7.55. The highest BCUT2D eigenvalue weighted by Gasteiger charge is 2.12. The van der Waals surface area contributed by atoms with E-state index in [4.69, 9.17) is 0 Å². The van der Waals surface area contributed by atoms with Gasteiger partial charge < -0.3 is 9.67 Å². The lowest BCUT2D eigenvalue weighted by atomic mass is 10.2. The molecular weight excluding hydrogens is 290 g/mol. The van der Waals surface area contributed by atoms with Crippen LogP contribution in [0.25, 0.3) is 10.9 Å². The summed E-state index contributed by atoms with van der Waals surface area (Å²) in [7, 11) is 1.98. The standard InChI is InChI=1S/C18H19N3O2/c1-20(13-16-15(18(22)23)6-4-9-19-16)11-12-21-10-8-14-5-2-3-7-17(14)21/h2-10H,11-13H2,1H3,(H,22,23). The first-order valence-corrected chi connectivity index (χ1v) is 7.55. The zero-order chi connectivity index (χ0) is 16.2. The van der Waals surface area contributed by atoms with Crippen LogP contribution in [0.2, 0.25) is 0 Å². The van der Waals surface area contributed by atoms with E-state index < -0.39 is 5.97 Å². The molecule has 0 bridgehead atoms. The molecule has 2 aromatic heterocycles. The number of hydrogen-bond acceptors (Lipinski definition) is 3. The van der Waals surface area contributed by atoms with Gasteiger partial charge in [0, 0.05) is 37.5 Å². The van der Waals surface area contributed by atoms with Crippen molar-refractivity contribution >= 4 is 16.9 Å². The highest BCUT2D eigenvalue weighted by Crippen LogP contribution is 2.15. The van der Waals surface area contributed by atoms with Gasteiger partial charge in [0.2, 0.25) is 0 Å². The van der Waals surface area contributed by atoms with Gasteiger partial charge in [0.1, 0.15) is 0 Å². The Hall–Kier alpha value is -2.66. The van der Waals surface area contributed by atoms with Crippen molar-refractivity contribution in [2.45, 2.75) is 13.1 Å². The normalized spacial score (nSPS) is 11.2. The van der Waals surface area contributed by atoms with E-state index in [0.29, 0.717) is 12.2 Å². The molecular formula is C18H19N3O2. The first-order chi connectivity index (χ1) is 11.1. The number of pyridine rings is 1. The fourth-order valence-electron chi connectivity index (χ4n) is 2.71. The molecule has 0 radical (unpaired) electrons. The summed E-state index contributed by atoms with van der Waals surface area (Å²) >= 11 is 0. The maximum Gasteiger partial charge on any atom is 0.337 e. The molecule has 0 saturated carbocycles. The molecule has 0 saturated heterocycles. The van der Waals surface area contributed by atoms with Crippen LogP contribution in [0.1, 0.15) is 16.1 Å². The molecule has 2 heterocycles. The Morgan fingerprint density at radius 2 is 2.04 bits per heavy atom. The van der Waals surface area contributed by atoms with Gasteiger partial charge in [-0.15, -0.1) is 0 Å². The van der Waals surface area contributed by atoms with Crippen LogP contribution in [0.3, 0.4) is 0 Å². The molecule has 0 aliphatic carbocycles. The van der Waals surface area contributed by atoms with Crippen molar-refractivity contribution in [1.29, 1.82) is 0 Å². The van der Waals surface area contributed by atoms with Gasteiger partial charge in [-0.05, 0) is 36.7 Å². The minimum atomic E-state index is -0.932. The van der Waals surface area contributed by atoms with E-state index in [1.165, 1.54) is 10.9 Å². The predicted molar refractivity (Wildman–Crippen MR) is 89.5 cm³/mol. The molecule has 23 heavy (non-hydrogen) atoms. The number of hydrogen-bond donors (Lipinski definition) is 1. The molecule has 5 heteroatoms. The van der Waals surface area contributed by atoms with Gasteiger partial charge in [0.05, 0.1) is 11.3 Å². The number of carboxylic acids is 1. The van der Waals surface area contributed by atoms with Crippen molar-refractivity contribution in [2.24, 2.45) is 0 Å². The maximum atomic E-state index is 11.2. The average Bonchev–Trinajstić information content (AvgIpc) is 2.96. The monoisotopic (exact) mass is 309 g/mol. The van der Waals surface area contributed by atoms with E-state index in [1.807, 2.05) is 19.2 Å². The van der Waals surface area contributed by atoms with E-state index >= 15 is 0 Å². The topological polar surface area (TPSA) is 58.4 Å². The second-order valence-corrected chi connectivity index (χ2v) is 5.61. The number of carboxylic acid groups (broad SMARTS) is 1. The smallest absolute Gasteiger partial charge is 0.337 e. The average molecular weight is 309 g/mol. The largest absolute Gasteiger partial charge is 0.478 e. The molecule has 1 N–H and O–H groups in total. The van der Waals surface area contributed by atoms with Gasteiger partial charge in [0.15, 0.2) is 0 Å². The summed E-state index contributed by atoms with van der Waals surface area (Å²) < 4.78 is 2.21. The molecule has 1 aromatic carbocycles. The number of fused-ring (bicyclic) bond motifs is 1. The molecule has 0 amide bonds. The molecule has 3 rings (SSSR count). The van der Waals surface area contributed by atoms with Crippen molar-refractivity contribution < 1.29 is 9.90 Å². The number of likely N-dealkylation sites (N-methyl/N-ethyl adjacent to an activating group) is 1. The summed E-state index contributed by atoms with van der Waals surface area (Å²) in [5, 5.41) is 10.4. The number of para-hydroxylation sites is 1. The highest BCUT2D eigenvalue weighted by molar-refractivity contribution is 5.88. The van der Waals surface area contributed by atoms with Gasteiger partial charge >= 0.3 is 5.97 Å². The number of aromatic carboxylic acids is 1. The van der Waals surface area contributed by atoms with Crippen LogP contribution in [-0.4, -0.2) is 39.1 Å². The SMILES string of the molecule is CN(CCn1ccc2ccccc21)Cc1ncccc1C(=O)O. The summed E-state index contributed by atoms with van der Waals surface area (Å²) in [6.45, 7) is 2.18. The van der Waals surface area contributed by atoms with Crippen molar-refractivity contribution in [1.82, 2.24) is 14.5 Å². The molecule has 0 unspecified atom stereocenters. The van der Waals surface area contributed by atoms with Crippen LogP contribution in [0.5, 0.6) is 0 Å². The number of carbonyl (C=O) groups is 1. The van der Waals surface area contributed by atoms with E-state index in [9.17, 15) is 9.90 Å². The Labute approximate surface area is 134 Å². The summed E-state index contributed by atoms with van der Waals surface area (Å²) in [4.78, 5) is 17.5. The van der Waals surface area contributed by atoms with Gasteiger partial charge in [0.25, 0.3) is 0 Å². The predicted octanol–water partition coefficient (Wildman–Crippen LogP) is 2.87. The van der Waals surface area contributed by atoms with E-state index in [-0.39, 0.29) is 5.56 Å². The van der Waals surface area contributed by atoms with Crippen LogP contribution in [-0.2, 0) is 13.1 Å². The molecule has 118 valence electrons. The van der Waals surface area contributed by atoms with Crippen molar-refractivity contribution in [3.05, 3.63) is 66.1 Å². The third-order valence-electron chi connectivity index (χ3n) is 3.94. The van der Waals surface area contributed by atoms with Gasteiger partial charge in [-0.3, -0.25) is 9.88 Å². The zero-order valence-corrected chi connectivity index (χ0v) is 13.0. The van der Waals surface area contributed by atoms with Gasteiger partial charge in [-0.1, -0.05) is 18.2 Å². The molecule has 5 nitrogen and oxygen atoms in total. The van der Waals surface area contributed by atoms with Crippen molar-refractivity contribution in [3.8, 4) is 0 Å². The highest BCUT2D eigenvalue weighted by atomic mass is 16.4. The van der Waals surface area contributed by atoms with Crippen LogP contribution < -0.4 is 0 Å². The van der Waals surface area contributed by atoms with Crippen LogP contribution in [0.15, 0.2) is 54.9 Å². The van der Waals surface area contributed by atoms with Crippen LogP contribution in [0, 0.1) is 0 Å². The Kier molecular flexibility index (Phi) is 4.39. The van der Waals surface area contributed by atoms with Gasteiger partial charge in [-0.25, -0.2) is 4.79 Å². The molecule has 0 spiro atoms. The number of nitrogens with zero attached hydrogens (tertiary/aromatic N) is 3. The lowest BCUT2D eigenvalue weighted by Gasteiger charge is -2.18. The number of rotatable bonds is 6. The van der Waals surface area contributed by atoms with E-state index in [0.717, 1.165) is 13.1 Å². The zero-order valence-electron chi connectivity index (χ0n) is 13.0. The summed E-state index contributed by atoms with van der Waals surface area (Å²) in [5.41, 5.74) is 2.08. The third-order valence-corrected chi connectivity index (χ3v) is 3.94. The fourth-order valence-corrected chi connectivity index (χ4v) is 2.71. The van der Waals surface area contributed by atoms with Gasteiger partial charge in [-0.2, -0.15) is 0 Å². The molecule has 3 aromatic rings. The van der Waals surface area contributed by atoms with Crippen molar-refractivity contribution in [3.63, 3.8) is 0 Å². The summed E-state index contributed by atoms with van der Waals surface area (Å²) in [5.74, 6) is -0.932.